The monoisotopic (exact) mass is 253 g/mol. The van der Waals surface area contributed by atoms with Crippen molar-refractivity contribution in [3.63, 3.8) is 0 Å². The number of aryl methyl sites for hydroxylation is 1. The fraction of sp³-hybridized carbons (Fsp3) is 0.200. The van der Waals surface area contributed by atoms with Crippen molar-refractivity contribution in [3.05, 3.63) is 53.7 Å². The van der Waals surface area contributed by atoms with Gasteiger partial charge >= 0.3 is 0 Å². The number of pyridine rings is 1. The normalized spacial score (nSPS) is 9.68. The van der Waals surface area contributed by atoms with Crippen LogP contribution < -0.4 is 10.1 Å². The summed E-state index contributed by atoms with van der Waals surface area (Å²) < 4.78 is 5.61. The standard InChI is InChI=1S/C15H15N3O/c1-12-4-2-6-14(10-12)19-9-8-18-15-13(11-16)5-3-7-17-15/h2-7,10H,8-9H2,1H3,(H,17,18). The van der Waals surface area contributed by atoms with Gasteiger partial charge in [0.1, 0.15) is 24.2 Å². The van der Waals surface area contributed by atoms with Crippen molar-refractivity contribution in [1.29, 1.82) is 5.26 Å². The smallest absolute Gasteiger partial charge is 0.144 e. The van der Waals surface area contributed by atoms with Gasteiger partial charge in [-0.2, -0.15) is 5.26 Å². The van der Waals surface area contributed by atoms with E-state index in [2.05, 4.69) is 16.4 Å². The van der Waals surface area contributed by atoms with Crippen LogP contribution in [0, 0.1) is 18.3 Å². The molecule has 0 saturated carbocycles. The summed E-state index contributed by atoms with van der Waals surface area (Å²) in [4.78, 5) is 4.12. The van der Waals surface area contributed by atoms with Crippen LogP contribution in [0.3, 0.4) is 0 Å². The molecule has 4 heteroatoms. The van der Waals surface area contributed by atoms with Crippen molar-refractivity contribution in [1.82, 2.24) is 4.98 Å². The predicted molar refractivity (Wildman–Crippen MR) is 74.1 cm³/mol. The number of nitriles is 1. The molecule has 0 amide bonds. The fourth-order valence-electron chi connectivity index (χ4n) is 1.68. The number of nitrogens with one attached hydrogen (secondary N) is 1. The number of ether oxygens (including phenoxy) is 1. The van der Waals surface area contributed by atoms with E-state index in [-0.39, 0.29) is 0 Å². The van der Waals surface area contributed by atoms with Crippen LogP contribution in [0.1, 0.15) is 11.1 Å². The van der Waals surface area contributed by atoms with Gasteiger partial charge in [0.05, 0.1) is 12.1 Å². The molecule has 0 aliphatic carbocycles. The van der Waals surface area contributed by atoms with Crippen LogP contribution in [0.5, 0.6) is 5.75 Å². The lowest BCUT2D eigenvalue weighted by Crippen LogP contribution is -2.13. The van der Waals surface area contributed by atoms with Crippen LogP contribution >= 0.6 is 0 Å². The zero-order chi connectivity index (χ0) is 13.5. The third-order valence-corrected chi connectivity index (χ3v) is 2.58. The number of anilines is 1. The molecule has 4 nitrogen and oxygen atoms in total. The first-order valence-corrected chi connectivity index (χ1v) is 6.08. The summed E-state index contributed by atoms with van der Waals surface area (Å²) >= 11 is 0. The molecule has 2 rings (SSSR count). The SMILES string of the molecule is Cc1cccc(OCCNc2ncccc2C#N)c1. The van der Waals surface area contributed by atoms with Crippen molar-refractivity contribution in [3.8, 4) is 11.8 Å². The second kappa shape index (κ2) is 6.41. The molecule has 1 aromatic heterocycles. The molecule has 0 aliphatic heterocycles. The summed E-state index contributed by atoms with van der Waals surface area (Å²) in [7, 11) is 0. The maximum atomic E-state index is 8.92. The van der Waals surface area contributed by atoms with Gasteiger partial charge in [0.25, 0.3) is 0 Å². The Hall–Kier alpha value is -2.54. The highest BCUT2D eigenvalue weighted by Crippen LogP contribution is 2.12. The van der Waals surface area contributed by atoms with Gasteiger partial charge in [0.2, 0.25) is 0 Å². The van der Waals surface area contributed by atoms with Crippen molar-refractivity contribution in [2.45, 2.75) is 6.92 Å². The zero-order valence-electron chi connectivity index (χ0n) is 10.8. The Kier molecular flexibility index (Phi) is 4.35. The molecule has 0 atom stereocenters. The van der Waals surface area contributed by atoms with E-state index in [4.69, 9.17) is 10.00 Å². The Balaban J connectivity index is 1.83. The molecule has 2 aromatic rings. The van der Waals surface area contributed by atoms with E-state index in [9.17, 15) is 0 Å². The average molecular weight is 253 g/mol. The number of hydrogen-bond acceptors (Lipinski definition) is 4. The molecule has 1 N–H and O–H groups in total. The highest BCUT2D eigenvalue weighted by Gasteiger charge is 2.01. The highest BCUT2D eigenvalue weighted by molar-refractivity contribution is 5.51. The van der Waals surface area contributed by atoms with Crippen LogP contribution in [-0.2, 0) is 0 Å². The second-order valence-electron chi connectivity index (χ2n) is 4.10. The molecular formula is C15H15N3O. The van der Waals surface area contributed by atoms with Crippen LogP contribution in [0.15, 0.2) is 42.6 Å². The molecule has 0 aliphatic rings. The molecule has 0 saturated heterocycles. The van der Waals surface area contributed by atoms with Crippen LogP contribution in [0.2, 0.25) is 0 Å². The predicted octanol–water partition coefficient (Wildman–Crippen LogP) is 2.75. The fourth-order valence-corrected chi connectivity index (χ4v) is 1.68. The summed E-state index contributed by atoms with van der Waals surface area (Å²) in [5, 5.41) is 12.0. The van der Waals surface area contributed by atoms with Gasteiger partial charge in [-0.25, -0.2) is 4.98 Å². The minimum absolute atomic E-state index is 0.519. The summed E-state index contributed by atoms with van der Waals surface area (Å²) in [5.41, 5.74) is 1.71. The highest BCUT2D eigenvalue weighted by atomic mass is 16.5. The summed E-state index contributed by atoms with van der Waals surface area (Å²) in [5.74, 6) is 1.45. The Morgan fingerprint density at radius 3 is 3.00 bits per heavy atom. The maximum Gasteiger partial charge on any atom is 0.144 e. The number of benzene rings is 1. The van der Waals surface area contributed by atoms with Crippen molar-refractivity contribution in [2.75, 3.05) is 18.5 Å². The minimum Gasteiger partial charge on any atom is -0.492 e. The lowest BCUT2D eigenvalue weighted by molar-refractivity contribution is 0.332. The molecule has 1 heterocycles. The Morgan fingerprint density at radius 2 is 2.21 bits per heavy atom. The summed E-state index contributed by atoms with van der Waals surface area (Å²) in [6, 6.07) is 13.5. The van der Waals surface area contributed by atoms with E-state index in [1.54, 1.807) is 18.3 Å². The first-order chi connectivity index (χ1) is 9.29. The quantitative estimate of drug-likeness (QED) is 0.832. The van der Waals surface area contributed by atoms with Crippen molar-refractivity contribution in [2.24, 2.45) is 0 Å². The first-order valence-electron chi connectivity index (χ1n) is 6.08. The molecular weight excluding hydrogens is 238 g/mol. The molecule has 0 fully saturated rings. The number of hydrogen-bond donors (Lipinski definition) is 1. The molecule has 0 radical (unpaired) electrons. The lowest BCUT2D eigenvalue weighted by Gasteiger charge is -2.09. The van der Waals surface area contributed by atoms with Gasteiger partial charge in [-0.05, 0) is 36.8 Å². The molecule has 0 unspecified atom stereocenters. The number of rotatable bonds is 5. The second-order valence-corrected chi connectivity index (χ2v) is 4.10. The van der Waals surface area contributed by atoms with Gasteiger partial charge in [-0.15, -0.1) is 0 Å². The molecule has 0 spiro atoms. The van der Waals surface area contributed by atoms with Gasteiger partial charge in [-0.1, -0.05) is 12.1 Å². The first kappa shape index (κ1) is 12.9. The molecule has 96 valence electrons. The van der Waals surface area contributed by atoms with Gasteiger partial charge in [0, 0.05) is 6.20 Å². The topological polar surface area (TPSA) is 57.9 Å². The number of nitrogens with zero attached hydrogens (tertiary/aromatic N) is 2. The van der Waals surface area contributed by atoms with E-state index in [1.165, 1.54) is 5.56 Å². The Bertz CT molecular complexity index is 590. The number of aromatic nitrogens is 1. The third-order valence-electron chi connectivity index (χ3n) is 2.58. The molecule has 0 bridgehead atoms. The molecule has 1 aromatic carbocycles. The summed E-state index contributed by atoms with van der Waals surface area (Å²) in [6.07, 6.45) is 1.66. The lowest BCUT2D eigenvalue weighted by atomic mass is 10.2. The molecule has 19 heavy (non-hydrogen) atoms. The van der Waals surface area contributed by atoms with Gasteiger partial charge in [-0.3, -0.25) is 0 Å². The van der Waals surface area contributed by atoms with Gasteiger partial charge < -0.3 is 10.1 Å². The van der Waals surface area contributed by atoms with E-state index in [0.717, 1.165) is 5.75 Å². The van der Waals surface area contributed by atoms with Crippen LogP contribution in [-0.4, -0.2) is 18.1 Å². The van der Waals surface area contributed by atoms with Crippen molar-refractivity contribution >= 4 is 5.82 Å². The van der Waals surface area contributed by atoms with E-state index < -0.39 is 0 Å². The van der Waals surface area contributed by atoms with Crippen molar-refractivity contribution < 1.29 is 4.74 Å². The van der Waals surface area contributed by atoms with E-state index in [1.807, 2.05) is 31.2 Å². The average Bonchev–Trinajstić information content (AvgIpc) is 2.44. The van der Waals surface area contributed by atoms with Gasteiger partial charge in [0.15, 0.2) is 0 Å². The zero-order valence-corrected chi connectivity index (χ0v) is 10.8. The van der Waals surface area contributed by atoms with E-state index >= 15 is 0 Å². The van der Waals surface area contributed by atoms with Crippen LogP contribution in [0.25, 0.3) is 0 Å². The minimum atomic E-state index is 0.519. The maximum absolute atomic E-state index is 8.92. The van der Waals surface area contributed by atoms with Crippen LogP contribution in [0.4, 0.5) is 5.82 Å². The third kappa shape index (κ3) is 3.71. The van der Waals surface area contributed by atoms with E-state index in [0.29, 0.717) is 24.5 Å². The summed E-state index contributed by atoms with van der Waals surface area (Å²) in [6.45, 7) is 3.14. The largest absolute Gasteiger partial charge is 0.492 e. The Morgan fingerprint density at radius 1 is 1.32 bits per heavy atom. The Labute approximate surface area is 112 Å².